The van der Waals surface area contributed by atoms with Gasteiger partial charge in [-0.2, -0.15) is 0 Å². The molecule has 0 aliphatic carbocycles. The highest BCUT2D eigenvalue weighted by molar-refractivity contribution is 5.95. The first-order valence-corrected chi connectivity index (χ1v) is 9.30. The lowest BCUT2D eigenvalue weighted by Crippen LogP contribution is -2.36. The number of hydrogen-bond acceptors (Lipinski definition) is 3. The van der Waals surface area contributed by atoms with Crippen molar-refractivity contribution in [3.63, 3.8) is 0 Å². The van der Waals surface area contributed by atoms with Crippen LogP contribution in [-0.4, -0.2) is 40.1 Å². The van der Waals surface area contributed by atoms with E-state index in [1.54, 1.807) is 36.5 Å². The smallest absolute Gasteiger partial charge is 0.255 e. The topological polar surface area (TPSA) is 53.4 Å². The molecule has 1 N–H and O–H groups in total. The third kappa shape index (κ3) is 4.67. The molecule has 1 aromatic heterocycles. The van der Waals surface area contributed by atoms with E-state index in [0.29, 0.717) is 36.1 Å². The molecule has 3 rings (SSSR count). The summed E-state index contributed by atoms with van der Waals surface area (Å²) in [4.78, 5) is 19.0. The van der Waals surface area contributed by atoms with Gasteiger partial charge in [-0.15, -0.1) is 0 Å². The number of carbonyl (C=O) groups excluding carboxylic acids is 1. The van der Waals surface area contributed by atoms with Gasteiger partial charge in [0.05, 0.1) is 17.4 Å². The van der Waals surface area contributed by atoms with E-state index in [-0.39, 0.29) is 11.7 Å². The molecule has 0 unspecified atom stereocenters. The van der Waals surface area contributed by atoms with Crippen LogP contribution in [0.2, 0.25) is 0 Å². The fraction of sp³-hybridized carbons (Fsp3) is 0.429. The number of benzene rings is 1. The van der Waals surface area contributed by atoms with Gasteiger partial charge in [0.2, 0.25) is 0 Å². The molecule has 2 aromatic rings. The molecular weight excluding hydrogens is 331 g/mol. The van der Waals surface area contributed by atoms with E-state index in [0.717, 1.165) is 25.9 Å². The van der Waals surface area contributed by atoms with E-state index in [4.69, 9.17) is 0 Å². The zero-order valence-corrected chi connectivity index (χ0v) is 14.9. The standard InChI is InChI=1S/C21H25FN2O2/c22-19-9-3-2-7-16(19)10-11-17(25)15-20-18(8-6-12-23-20)21(26)24-13-4-1-5-14-24/h2-3,6-9,12,17,25H,1,4-5,10-11,13-15H2/t17-/m1/s1. The molecule has 1 aliphatic heterocycles. The van der Waals surface area contributed by atoms with Crippen molar-refractivity contribution in [3.8, 4) is 0 Å². The number of piperidine rings is 1. The van der Waals surface area contributed by atoms with Crippen LogP contribution in [0.4, 0.5) is 4.39 Å². The number of aryl methyl sites for hydroxylation is 1. The van der Waals surface area contributed by atoms with E-state index in [2.05, 4.69) is 4.98 Å². The van der Waals surface area contributed by atoms with Gasteiger partial charge in [0.1, 0.15) is 5.82 Å². The first-order chi connectivity index (χ1) is 12.6. The minimum absolute atomic E-state index is 0.00546. The van der Waals surface area contributed by atoms with Gasteiger partial charge in [-0.1, -0.05) is 18.2 Å². The van der Waals surface area contributed by atoms with Crippen molar-refractivity contribution in [2.45, 2.75) is 44.6 Å². The Morgan fingerprint density at radius 2 is 1.92 bits per heavy atom. The van der Waals surface area contributed by atoms with E-state index in [1.807, 2.05) is 4.90 Å². The Kier molecular flexibility index (Phi) is 6.34. The number of aromatic nitrogens is 1. The molecule has 26 heavy (non-hydrogen) atoms. The summed E-state index contributed by atoms with van der Waals surface area (Å²) in [5.41, 5.74) is 1.78. The third-order valence-corrected chi connectivity index (χ3v) is 4.90. The Morgan fingerprint density at radius 1 is 1.15 bits per heavy atom. The van der Waals surface area contributed by atoms with E-state index in [9.17, 15) is 14.3 Å². The molecule has 0 bridgehead atoms. The number of carbonyl (C=O) groups is 1. The summed E-state index contributed by atoms with van der Waals surface area (Å²) in [5.74, 6) is -0.257. The summed E-state index contributed by atoms with van der Waals surface area (Å²) in [7, 11) is 0. The fourth-order valence-corrected chi connectivity index (χ4v) is 3.41. The Bertz CT molecular complexity index is 744. The van der Waals surface area contributed by atoms with Crippen LogP contribution in [-0.2, 0) is 12.8 Å². The Balaban J connectivity index is 1.64. The molecular formula is C21H25FN2O2. The van der Waals surface area contributed by atoms with Crippen LogP contribution in [0.5, 0.6) is 0 Å². The molecule has 2 heterocycles. The Morgan fingerprint density at radius 3 is 2.69 bits per heavy atom. The second-order valence-corrected chi connectivity index (χ2v) is 6.84. The highest BCUT2D eigenvalue weighted by atomic mass is 19.1. The second-order valence-electron chi connectivity index (χ2n) is 6.84. The number of aliphatic hydroxyl groups is 1. The van der Waals surface area contributed by atoms with Gasteiger partial charge < -0.3 is 10.0 Å². The van der Waals surface area contributed by atoms with E-state index >= 15 is 0 Å². The van der Waals surface area contributed by atoms with Gasteiger partial charge in [0.15, 0.2) is 0 Å². The molecule has 4 nitrogen and oxygen atoms in total. The quantitative estimate of drug-likeness (QED) is 0.863. The van der Waals surface area contributed by atoms with Crippen molar-refractivity contribution in [1.29, 1.82) is 0 Å². The van der Waals surface area contributed by atoms with Crippen molar-refractivity contribution < 1.29 is 14.3 Å². The maximum Gasteiger partial charge on any atom is 0.255 e. The van der Waals surface area contributed by atoms with Crippen molar-refractivity contribution in [2.24, 2.45) is 0 Å². The number of nitrogens with zero attached hydrogens (tertiary/aromatic N) is 2. The van der Waals surface area contributed by atoms with Gasteiger partial charge in [-0.05, 0) is 55.9 Å². The first kappa shape index (κ1) is 18.5. The molecule has 5 heteroatoms. The molecule has 1 aliphatic rings. The number of amides is 1. The summed E-state index contributed by atoms with van der Waals surface area (Å²) >= 11 is 0. The van der Waals surface area contributed by atoms with Crippen LogP contribution < -0.4 is 0 Å². The molecule has 1 atom stereocenters. The average molecular weight is 356 g/mol. The van der Waals surface area contributed by atoms with Crippen LogP contribution in [0.3, 0.4) is 0 Å². The molecule has 1 amide bonds. The highest BCUT2D eigenvalue weighted by Gasteiger charge is 2.22. The number of aliphatic hydroxyl groups excluding tert-OH is 1. The second kappa shape index (κ2) is 8.90. The van der Waals surface area contributed by atoms with Crippen LogP contribution >= 0.6 is 0 Å². The lowest BCUT2D eigenvalue weighted by atomic mass is 10.0. The van der Waals surface area contributed by atoms with E-state index in [1.165, 1.54) is 12.5 Å². The monoisotopic (exact) mass is 356 g/mol. The van der Waals surface area contributed by atoms with Crippen molar-refractivity contribution in [2.75, 3.05) is 13.1 Å². The van der Waals surface area contributed by atoms with Crippen LogP contribution in [0.25, 0.3) is 0 Å². The molecule has 0 spiro atoms. The number of rotatable bonds is 6. The molecule has 138 valence electrons. The molecule has 1 fully saturated rings. The summed E-state index contributed by atoms with van der Waals surface area (Å²) in [6, 6.07) is 10.1. The minimum Gasteiger partial charge on any atom is -0.393 e. The molecule has 1 saturated heterocycles. The largest absolute Gasteiger partial charge is 0.393 e. The summed E-state index contributed by atoms with van der Waals surface area (Å²) in [6.45, 7) is 1.56. The molecule has 0 saturated carbocycles. The number of halogens is 1. The third-order valence-electron chi connectivity index (χ3n) is 4.90. The van der Waals surface area contributed by atoms with Gasteiger partial charge >= 0.3 is 0 Å². The predicted octanol–water partition coefficient (Wildman–Crippen LogP) is 3.38. The zero-order chi connectivity index (χ0) is 18.4. The Labute approximate surface area is 153 Å². The fourth-order valence-electron chi connectivity index (χ4n) is 3.41. The van der Waals surface area contributed by atoms with Crippen molar-refractivity contribution in [3.05, 3.63) is 65.2 Å². The number of pyridine rings is 1. The van der Waals surface area contributed by atoms with Crippen LogP contribution in [0.15, 0.2) is 42.6 Å². The maximum atomic E-state index is 13.7. The van der Waals surface area contributed by atoms with Gasteiger partial charge in [0.25, 0.3) is 5.91 Å². The normalized spacial score (nSPS) is 15.7. The van der Waals surface area contributed by atoms with Crippen LogP contribution in [0.1, 0.15) is 47.3 Å². The lowest BCUT2D eigenvalue weighted by molar-refractivity contribution is 0.0721. The van der Waals surface area contributed by atoms with Gasteiger partial charge in [0, 0.05) is 25.7 Å². The molecule has 1 aromatic carbocycles. The lowest BCUT2D eigenvalue weighted by Gasteiger charge is -2.27. The SMILES string of the molecule is O=C(c1cccnc1C[C@H](O)CCc1ccccc1F)N1CCCCC1. The summed E-state index contributed by atoms with van der Waals surface area (Å²) < 4.78 is 13.7. The van der Waals surface area contributed by atoms with Crippen molar-refractivity contribution in [1.82, 2.24) is 9.88 Å². The maximum absolute atomic E-state index is 13.7. The number of likely N-dealkylation sites (tertiary alicyclic amines) is 1. The van der Waals surface area contributed by atoms with Crippen LogP contribution in [0, 0.1) is 5.82 Å². The summed E-state index contributed by atoms with van der Waals surface area (Å²) in [6.07, 6.45) is 5.39. The van der Waals surface area contributed by atoms with Crippen molar-refractivity contribution >= 4 is 5.91 Å². The summed E-state index contributed by atoms with van der Waals surface area (Å²) in [5, 5.41) is 10.4. The first-order valence-electron chi connectivity index (χ1n) is 9.30. The average Bonchev–Trinajstić information content (AvgIpc) is 2.68. The molecule has 0 radical (unpaired) electrons. The van der Waals surface area contributed by atoms with E-state index < -0.39 is 6.10 Å². The number of hydrogen-bond donors (Lipinski definition) is 1. The highest BCUT2D eigenvalue weighted by Crippen LogP contribution is 2.18. The zero-order valence-electron chi connectivity index (χ0n) is 14.9. The van der Waals surface area contributed by atoms with Gasteiger partial charge in [-0.25, -0.2) is 4.39 Å². The predicted molar refractivity (Wildman–Crippen MR) is 98.4 cm³/mol. The minimum atomic E-state index is -0.669. The Hall–Kier alpha value is -2.27. The van der Waals surface area contributed by atoms with Gasteiger partial charge in [-0.3, -0.25) is 9.78 Å².